The summed E-state index contributed by atoms with van der Waals surface area (Å²) in [6, 6.07) is 5.66. The van der Waals surface area contributed by atoms with Gasteiger partial charge in [0.1, 0.15) is 4.88 Å². The molecule has 0 aliphatic carbocycles. The maximum Gasteiger partial charge on any atom is 0.263 e. The van der Waals surface area contributed by atoms with Gasteiger partial charge in [-0.15, -0.1) is 23.7 Å². The molecule has 2 heterocycles. The minimum atomic E-state index is -0.0963. The Labute approximate surface area is 143 Å². The molecule has 1 aliphatic heterocycles. The van der Waals surface area contributed by atoms with E-state index in [-0.39, 0.29) is 24.4 Å². The molecule has 1 aromatic carbocycles. The zero-order valence-corrected chi connectivity index (χ0v) is 14.3. The van der Waals surface area contributed by atoms with Crippen molar-refractivity contribution in [3.8, 4) is 0 Å². The molecule has 3 rings (SSSR count). The van der Waals surface area contributed by atoms with Crippen molar-refractivity contribution in [3.63, 3.8) is 0 Å². The summed E-state index contributed by atoms with van der Waals surface area (Å²) in [5.41, 5.74) is 0. The van der Waals surface area contributed by atoms with Crippen LogP contribution in [0.15, 0.2) is 18.2 Å². The van der Waals surface area contributed by atoms with E-state index in [1.165, 1.54) is 11.3 Å². The van der Waals surface area contributed by atoms with Crippen LogP contribution in [0.4, 0.5) is 0 Å². The van der Waals surface area contributed by atoms with E-state index in [0.29, 0.717) is 14.9 Å². The number of fused-ring (bicyclic) bond motifs is 1. The Balaban J connectivity index is 0.00000161. The average Bonchev–Trinajstić information content (AvgIpc) is 2.76. The van der Waals surface area contributed by atoms with Crippen LogP contribution in [0.25, 0.3) is 10.1 Å². The molecule has 1 saturated heterocycles. The minimum Gasteiger partial charge on any atom is -0.347 e. The van der Waals surface area contributed by atoms with Crippen molar-refractivity contribution in [1.29, 1.82) is 0 Å². The number of halogens is 3. The van der Waals surface area contributed by atoms with Gasteiger partial charge >= 0.3 is 0 Å². The van der Waals surface area contributed by atoms with Crippen LogP contribution in [0.2, 0.25) is 10.0 Å². The summed E-state index contributed by atoms with van der Waals surface area (Å²) < 4.78 is 0.939. The van der Waals surface area contributed by atoms with Crippen molar-refractivity contribution in [2.24, 2.45) is 0 Å². The van der Waals surface area contributed by atoms with E-state index < -0.39 is 0 Å². The standard InChI is InChI=1S/C14H14Cl2N2OS.ClH/c15-8-3-4-10-11(6-8)20-13(12(10)16)14(19)18-9-2-1-5-17-7-9;/h3-4,6,9,17H,1-2,5,7H2,(H,18,19);1H. The molecule has 3 nitrogen and oxygen atoms in total. The molecule has 1 fully saturated rings. The predicted molar refractivity (Wildman–Crippen MR) is 92.5 cm³/mol. The van der Waals surface area contributed by atoms with Gasteiger partial charge in [0.25, 0.3) is 5.91 Å². The van der Waals surface area contributed by atoms with Crippen LogP contribution in [-0.4, -0.2) is 25.0 Å². The summed E-state index contributed by atoms with van der Waals surface area (Å²) >= 11 is 13.7. The maximum absolute atomic E-state index is 12.3. The van der Waals surface area contributed by atoms with E-state index in [4.69, 9.17) is 23.2 Å². The second-order valence-electron chi connectivity index (χ2n) is 4.90. The molecule has 2 aromatic rings. The van der Waals surface area contributed by atoms with Crippen LogP contribution in [-0.2, 0) is 0 Å². The van der Waals surface area contributed by atoms with Crippen molar-refractivity contribution >= 4 is 62.9 Å². The Kier molecular flexibility index (Phi) is 5.74. The van der Waals surface area contributed by atoms with Gasteiger partial charge in [-0.05, 0) is 31.5 Å². The number of carbonyl (C=O) groups is 1. The van der Waals surface area contributed by atoms with Gasteiger partial charge in [0, 0.05) is 27.7 Å². The largest absolute Gasteiger partial charge is 0.347 e. The van der Waals surface area contributed by atoms with Gasteiger partial charge in [0.2, 0.25) is 0 Å². The monoisotopic (exact) mass is 364 g/mol. The van der Waals surface area contributed by atoms with Crippen LogP contribution in [0.1, 0.15) is 22.5 Å². The lowest BCUT2D eigenvalue weighted by Gasteiger charge is -2.23. The van der Waals surface area contributed by atoms with E-state index >= 15 is 0 Å². The molecule has 114 valence electrons. The number of thiophene rings is 1. The molecule has 0 spiro atoms. The molecule has 2 N–H and O–H groups in total. The maximum atomic E-state index is 12.3. The van der Waals surface area contributed by atoms with Crippen molar-refractivity contribution in [2.45, 2.75) is 18.9 Å². The predicted octanol–water partition coefficient (Wildman–Crippen LogP) is 4.11. The first-order valence-electron chi connectivity index (χ1n) is 6.54. The molecule has 0 saturated carbocycles. The van der Waals surface area contributed by atoms with Gasteiger partial charge in [0.15, 0.2) is 0 Å². The molecule has 1 aliphatic rings. The first kappa shape index (κ1) is 16.8. The SMILES string of the molecule is Cl.O=C(NC1CCCNC1)c1sc2cc(Cl)ccc2c1Cl. The van der Waals surface area contributed by atoms with Crippen LogP contribution in [0, 0.1) is 0 Å². The second kappa shape index (κ2) is 7.16. The molecule has 21 heavy (non-hydrogen) atoms. The molecule has 0 bridgehead atoms. The van der Waals surface area contributed by atoms with Crippen LogP contribution in [0.5, 0.6) is 0 Å². The summed E-state index contributed by atoms with van der Waals surface area (Å²) in [6.45, 7) is 1.84. The van der Waals surface area contributed by atoms with Crippen LogP contribution >= 0.6 is 46.9 Å². The fraction of sp³-hybridized carbons (Fsp3) is 0.357. The summed E-state index contributed by atoms with van der Waals surface area (Å²) in [5.74, 6) is -0.0963. The summed E-state index contributed by atoms with van der Waals surface area (Å²) in [4.78, 5) is 12.9. The number of nitrogens with one attached hydrogen (secondary N) is 2. The van der Waals surface area contributed by atoms with Gasteiger partial charge in [-0.25, -0.2) is 0 Å². The number of rotatable bonds is 2. The molecule has 1 amide bonds. The Morgan fingerprint density at radius 3 is 2.90 bits per heavy atom. The third-order valence-electron chi connectivity index (χ3n) is 3.43. The Hall–Kier alpha value is -0.520. The lowest BCUT2D eigenvalue weighted by Crippen LogP contribution is -2.45. The Morgan fingerprint density at radius 2 is 2.19 bits per heavy atom. The fourth-order valence-electron chi connectivity index (χ4n) is 2.41. The molecule has 7 heteroatoms. The average molecular weight is 366 g/mol. The highest BCUT2D eigenvalue weighted by Gasteiger charge is 2.21. The zero-order valence-electron chi connectivity index (χ0n) is 11.1. The molecular weight excluding hydrogens is 351 g/mol. The van der Waals surface area contributed by atoms with Crippen molar-refractivity contribution in [3.05, 3.63) is 33.1 Å². The first-order valence-corrected chi connectivity index (χ1v) is 8.11. The van der Waals surface area contributed by atoms with Gasteiger partial charge < -0.3 is 10.6 Å². The molecule has 1 unspecified atom stereocenters. The third-order valence-corrected chi connectivity index (χ3v) is 5.32. The van der Waals surface area contributed by atoms with Gasteiger partial charge in [0.05, 0.1) is 5.02 Å². The lowest BCUT2D eigenvalue weighted by molar-refractivity contribution is 0.0935. The highest BCUT2D eigenvalue weighted by Crippen LogP contribution is 2.36. The molecule has 1 aromatic heterocycles. The van der Waals surface area contributed by atoms with Crippen LogP contribution in [0.3, 0.4) is 0 Å². The molecule has 0 radical (unpaired) electrons. The van der Waals surface area contributed by atoms with Crippen LogP contribution < -0.4 is 10.6 Å². The zero-order chi connectivity index (χ0) is 14.1. The number of hydrogen-bond donors (Lipinski definition) is 2. The number of piperidine rings is 1. The fourth-order valence-corrected chi connectivity index (χ4v) is 4.11. The highest BCUT2D eigenvalue weighted by atomic mass is 35.5. The topological polar surface area (TPSA) is 41.1 Å². The number of amides is 1. The Bertz CT molecular complexity index is 653. The summed E-state index contributed by atoms with van der Waals surface area (Å²) in [5, 5.41) is 8.37. The summed E-state index contributed by atoms with van der Waals surface area (Å²) in [6.07, 6.45) is 2.09. The highest BCUT2D eigenvalue weighted by molar-refractivity contribution is 7.21. The van der Waals surface area contributed by atoms with Crippen molar-refractivity contribution < 1.29 is 4.79 Å². The second-order valence-corrected chi connectivity index (χ2v) is 6.77. The molecule has 1 atom stereocenters. The first-order chi connectivity index (χ1) is 9.65. The van der Waals surface area contributed by atoms with E-state index in [9.17, 15) is 4.79 Å². The van der Waals surface area contributed by atoms with Crippen molar-refractivity contribution in [1.82, 2.24) is 10.6 Å². The lowest BCUT2D eigenvalue weighted by atomic mass is 10.1. The van der Waals surface area contributed by atoms with Gasteiger partial charge in [-0.2, -0.15) is 0 Å². The van der Waals surface area contributed by atoms with Gasteiger partial charge in [-0.3, -0.25) is 4.79 Å². The third kappa shape index (κ3) is 3.63. The normalized spacial score (nSPS) is 18.3. The summed E-state index contributed by atoms with van der Waals surface area (Å²) in [7, 11) is 0. The van der Waals surface area contributed by atoms with E-state index in [1.807, 2.05) is 12.1 Å². The van der Waals surface area contributed by atoms with Crippen molar-refractivity contribution in [2.75, 3.05) is 13.1 Å². The van der Waals surface area contributed by atoms with E-state index in [2.05, 4.69) is 10.6 Å². The quantitative estimate of drug-likeness (QED) is 0.841. The van der Waals surface area contributed by atoms with E-state index in [1.54, 1.807) is 6.07 Å². The van der Waals surface area contributed by atoms with E-state index in [0.717, 1.165) is 36.0 Å². The van der Waals surface area contributed by atoms with Gasteiger partial charge in [-0.1, -0.05) is 29.3 Å². The smallest absolute Gasteiger partial charge is 0.263 e. The minimum absolute atomic E-state index is 0. The Morgan fingerprint density at radius 1 is 1.38 bits per heavy atom. The number of carbonyl (C=O) groups excluding carboxylic acids is 1. The number of benzene rings is 1. The number of hydrogen-bond acceptors (Lipinski definition) is 3. The molecular formula is C14H15Cl3N2OS.